The molecule has 0 fully saturated rings. The largest absolute Gasteiger partial charge is 0.465 e. The van der Waals surface area contributed by atoms with E-state index in [1.54, 1.807) is 25.1 Å². The van der Waals surface area contributed by atoms with Crippen molar-refractivity contribution in [3.63, 3.8) is 0 Å². The number of hydrogen-bond acceptors (Lipinski definition) is 6. The average molecular weight is 420 g/mol. The van der Waals surface area contributed by atoms with Crippen molar-refractivity contribution in [2.75, 3.05) is 17.6 Å². The minimum absolute atomic E-state index is 0.218. The van der Waals surface area contributed by atoms with Crippen LogP contribution in [0.2, 0.25) is 0 Å². The van der Waals surface area contributed by atoms with E-state index in [0.717, 1.165) is 22.3 Å². The molecule has 0 saturated heterocycles. The highest BCUT2D eigenvalue weighted by atomic mass is 32.2. The fourth-order valence-electron chi connectivity index (χ4n) is 3.35. The maximum atomic E-state index is 12.8. The molecule has 6 nitrogen and oxygen atoms in total. The summed E-state index contributed by atoms with van der Waals surface area (Å²) in [7, 11) is -3.40. The molecule has 148 valence electrons. The van der Waals surface area contributed by atoms with E-state index >= 15 is 0 Å². The van der Waals surface area contributed by atoms with Crippen LogP contribution in [0.4, 0.5) is 5.69 Å². The summed E-state index contributed by atoms with van der Waals surface area (Å²) in [5, 5.41) is 1.91. The summed E-state index contributed by atoms with van der Waals surface area (Å²) in [6.07, 6.45) is 3.04. The first kappa shape index (κ1) is 20.3. The van der Waals surface area contributed by atoms with Crippen LogP contribution < -0.4 is 4.72 Å². The second kappa shape index (κ2) is 8.28. The summed E-state index contributed by atoms with van der Waals surface area (Å²) in [6, 6.07) is 10.7. The number of benzene rings is 1. The number of allylic oxidation sites excluding steroid dienone is 2. The summed E-state index contributed by atoms with van der Waals surface area (Å²) in [5.41, 5.74) is 1.93. The number of carbonyl (C=O) groups is 2. The Labute approximate surface area is 168 Å². The third-order valence-electron chi connectivity index (χ3n) is 4.45. The molecule has 1 aromatic carbocycles. The molecule has 3 rings (SSSR count). The van der Waals surface area contributed by atoms with E-state index in [2.05, 4.69) is 4.72 Å². The zero-order chi connectivity index (χ0) is 20.3. The molecule has 0 amide bonds. The molecule has 28 heavy (non-hydrogen) atoms. The Morgan fingerprint density at radius 2 is 2.07 bits per heavy atom. The topological polar surface area (TPSA) is 89.5 Å². The number of nitrogens with one attached hydrogen (secondary N) is 1. The minimum atomic E-state index is -3.40. The van der Waals surface area contributed by atoms with Gasteiger partial charge in [-0.15, -0.1) is 11.3 Å². The zero-order valence-corrected chi connectivity index (χ0v) is 17.2. The van der Waals surface area contributed by atoms with Crippen LogP contribution in [-0.4, -0.2) is 33.0 Å². The lowest BCUT2D eigenvalue weighted by atomic mass is 9.76. The molecule has 0 spiro atoms. The van der Waals surface area contributed by atoms with Gasteiger partial charge >= 0.3 is 5.97 Å². The molecule has 1 heterocycles. The van der Waals surface area contributed by atoms with Gasteiger partial charge in [0.05, 0.1) is 12.9 Å². The van der Waals surface area contributed by atoms with Crippen molar-refractivity contribution < 1.29 is 22.7 Å². The number of hydrogen-bond donors (Lipinski definition) is 1. The van der Waals surface area contributed by atoms with Crippen molar-refractivity contribution in [3.8, 4) is 0 Å². The van der Waals surface area contributed by atoms with Gasteiger partial charge in [0.15, 0.2) is 5.78 Å². The Hall–Kier alpha value is -2.45. The van der Waals surface area contributed by atoms with E-state index in [0.29, 0.717) is 12.1 Å². The van der Waals surface area contributed by atoms with Crippen LogP contribution in [0, 0.1) is 5.92 Å². The highest BCUT2D eigenvalue weighted by Gasteiger charge is 2.40. The molecule has 2 aromatic rings. The normalized spacial score (nSPS) is 19.8. The summed E-state index contributed by atoms with van der Waals surface area (Å²) in [6.45, 7) is 1.93. The van der Waals surface area contributed by atoms with Crippen LogP contribution in [0.25, 0.3) is 5.57 Å². The second-order valence-corrected chi connectivity index (χ2v) is 9.31. The first-order valence-corrected chi connectivity index (χ1v) is 11.6. The van der Waals surface area contributed by atoms with E-state index in [4.69, 9.17) is 4.74 Å². The number of ether oxygens (including phenoxy) is 1. The number of sulfonamides is 1. The first-order valence-electron chi connectivity index (χ1n) is 8.81. The van der Waals surface area contributed by atoms with Crippen LogP contribution in [0.5, 0.6) is 0 Å². The molecular weight excluding hydrogens is 398 g/mol. The Balaban J connectivity index is 1.97. The fourth-order valence-corrected chi connectivity index (χ4v) is 4.77. The van der Waals surface area contributed by atoms with E-state index in [1.807, 2.05) is 23.6 Å². The molecule has 1 aliphatic carbocycles. The predicted molar refractivity (Wildman–Crippen MR) is 110 cm³/mol. The van der Waals surface area contributed by atoms with Gasteiger partial charge in [-0.3, -0.25) is 14.3 Å². The van der Waals surface area contributed by atoms with Crippen LogP contribution in [0.1, 0.15) is 29.7 Å². The zero-order valence-electron chi connectivity index (χ0n) is 15.5. The molecule has 1 aromatic heterocycles. The smallest absolute Gasteiger partial charge is 0.317 e. The van der Waals surface area contributed by atoms with Gasteiger partial charge in [0, 0.05) is 16.5 Å². The highest BCUT2D eigenvalue weighted by molar-refractivity contribution is 7.92. The first-order chi connectivity index (χ1) is 13.3. The van der Waals surface area contributed by atoms with E-state index < -0.39 is 21.9 Å². The monoisotopic (exact) mass is 419 g/mol. The summed E-state index contributed by atoms with van der Waals surface area (Å²) >= 11 is 1.50. The van der Waals surface area contributed by atoms with E-state index in [1.165, 1.54) is 17.4 Å². The van der Waals surface area contributed by atoms with Crippen molar-refractivity contribution >= 4 is 44.4 Å². The lowest BCUT2D eigenvalue weighted by Crippen LogP contribution is -2.33. The number of ketones is 1. The molecule has 1 N–H and O–H groups in total. The van der Waals surface area contributed by atoms with Crippen molar-refractivity contribution in [3.05, 3.63) is 58.3 Å². The number of anilines is 1. The van der Waals surface area contributed by atoms with Crippen molar-refractivity contribution in [1.29, 1.82) is 0 Å². The second-order valence-electron chi connectivity index (χ2n) is 6.58. The SMILES string of the molecule is CCOC(=O)[C@H]1C(=O)C=C(c2cccc(NS(C)(=O)=O)c2)C[C@H]1c1cccs1. The van der Waals surface area contributed by atoms with Crippen LogP contribution in [0.3, 0.4) is 0 Å². The quantitative estimate of drug-likeness (QED) is 0.572. The molecule has 0 saturated carbocycles. The van der Waals surface area contributed by atoms with Gasteiger partial charge in [-0.05, 0) is 54.1 Å². The molecule has 0 aliphatic heterocycles. The van der Waals surface area contributed by atoms with E-state index in [9.17, 15) is 18.0 Å². The molecule has 8 heteroatoms. The van der Waals surface area contributed by atoms with Crippen LogP contribution in [0.15, 0.2) is 47.9 Å². The van der Waals surface area contributed by atoms with Gasteiger partial charge in [-0.1, -0.05) is 18.2 Å². The predicted octanol–water partition coefficient (Wildman–Crippen LogP) is 3.44. The fraction of sp³-hybridized carbons (Fsp3) is 0.300. The maximum Gasteiger partial charge on any atom is 0.317 e. The van der Waals surface area contributed by atoms with Gasteiger partial charge in [-0.25, -0.2) is 8.42 Å². The third kappa shape index (κ3) is 4.69. The number of rotatable bonds is 6. The number of thiophene rings is 1. The Kier molecular flexibility index (Phi) is 6.00. The minimum Gasteiger partial charge on any atom is -0.465 e. The Morgan fingerprint density at radius 1 is 1.29 bits per heavy atom. The van der Waals surface area contributed by atoms with Crippen molar-refractivity contribution in [2.24, 2.45) is 5.92 Å². The summed E-state index contributed by atoms with van der Waals surface area (Å²) < 4.78 is 30.6. The lowest BCUT2D eigenvalue weighted by Gasteiger charge is -2.28. The van der Waals surface area contributed by atoms with Crippen LogP contribution in [-0.2, 0) is 24.3 Å². The number of esters is 1. The van der Waals surface area contributed by atoms with Crippen molar-refractivity contribution in [1.82, 2.24) is 0 Å². The maximum absolute atomic E-state index is 12.8. The summed E-state index contributed by atoms with van der Waals surface area (Å²) in [4.78, 5) is 26.2. The average Bonchev–Trinajstić information content (AvgIpc) is 3.14. The third-order valence-corrected chi connectivity index (χ3v) is 6.06. The van der Waals surface area contributed by atoms with E-state index in [-0.39, 0.29) is 18.3 Å². The molecular formula is C20H21NO5S2. The lowest BCUT2D eigenvalue weighted by molar-refractivity contribution is -0.151. The number of carbonyl (C=O) groups excluding carboxylic acids is 2. The molecule has 1 aliphatic rings. The van der Waals surface area contributed by atoms with Crippen LogP contribution >= 0.6 is 11.3 Å². The van der Waals surface area contributed by atoms with Gasteiger partial charge in [0.25, 0.3) is 0 Å². The Morgan fingerprint density at radius 3 is 2.71 bits per heavy atom. The standard InChI is InChI=1S/C20H21NO5S2/c1-3-26-20(23)19-16(18-8-5-9-27-18)11-14(12-17(19)22)13-6-4-7-15(10-13)21-28(2,24)25/h4-10,12,16,19,21H,3,11H2,1-2H3/t16-,19+/m0/s1. The van der Waals surface area contributed by atoms with Gasteiger partial charge in [0.1, 0.15) is 5.92 Å². The molecule has 0 bridgehead atoms. The summed E-state index contributed by atoms with van der Waals surface area (Å²) in [5.74, 6) is -1.97. The van der Waals surface area contributed by atoms with Gasteiger partial charge in [0.2, 0.25) is 10.0 Å². The highest BCUT2D eigenvalue weighted by Crippen LogP contribution is 2.42. The Bertz CT molecular complexity index is 1010. The molecule has 0 radical (unpaired) electrons. The van der Waals surface area contributed by atoms with Crippen molar-refractivity contribution in [2.45, 2.75) is 19.3 Å². The molecule has 0 unspecified atom stereocenters. The van der Waals surface area contributed by atoms with Gasteiger partial charge < -0.3 is 4.74 Å². The van der Waals surface area contributed by atoms with Gasteiger partial charge in [-0.2, -0.15) is 0 Å². The molecule has 2 atom stereocenters.